The molecule has 0 aromatic heterocycles. The van der Waals surface area contributed by atoms with Crippen molar-refractivity contribution in [2.75, 3.05) is 0 Å². The molecule has 4 spiro atoms. The molecular formula is C52H60O8. The molecule has 4 aliphatic heterocycles. The van der Waals surface area contributed by atoms with Gasteiger partial charge in [0.05, 0.1) is 48.8 Å². The highest BCUT2D eigenvalue weighted by Gasteiger charge is 2.80. The van der Waals surface area contributed by atoms with Crippen LogP contribution in [-0.4, -0.2) is 72.0 Å². The van der Waals surface area contributed by atoms with Gasteiger partial charge < -0.3 is 37.9 Å². The summed E-state index contributed by atoms with van der Waals surface area (Å²) in [6, 6.07) is 27.2. The summed E-state index contributed by atoms with van der Waals surface area (Å²) in [5, 5.41) is 5.58. The molecule has 8 atom stereocenters. The van der Waals surface area contributed by atoms with E-state index >= 15 is 0 Å². The molecule has 4 saturated carbocycles. The van der Waals surface area contributed by atoms with E-state index in [0.29, 0.717) is 0 Å². The molecule has 0 bridgehead atoms. The predicted octanol–water partition coefficient (Wildman–Crippen LogP) is 9.91. The zero-order valence-electron chi connectivity index (χ0n) is 36.5. The van der Waals surface area contributed by atoms with Crippen LogP contribution in [0.3, 0.4) is 0 Å². The molecule has 4 saturated heterocycles. The van der Waals surface area contributed by atoms with E-state index in [1.165, 1.54) is 43.8 Å². The Balaban J connectivity index is 0.000000123. The fourth-order valence-corrected chi connectivity index (χ4v) is 15.9. The van der Waals surface area contributed by atoms with E-state index in [-0.39, 0.29) is 70.5 Å². The van der Waals surface area contributed by atoms with E-state index in [9.17, 15) is 0 Å². The molecule has 316 valence electrons. The highest BCUT2D eigenvalue weighted by molar-refractivity contribution is 5.96. The normalized spacial score (nSPS) is 44.4. The summed E-state index contributed by atoms with van der Waals surface area (Å²) in [4.78, 5) is 0. The maximum atomic E-state index is 6.58. The second-order valence-corrected chi connectivity index (χ2v) is 21.4. The standard InChI is InChI=1S/2C26H30O4/c2*1-15-16(2)28-25(27-15)11-23-13-26(29-17(3)18(4)30-26)14-24(23,12-25)21-10-6-8-19-7-5-9-20(23)22(19)21/h2*5-10,15-18H,11-14H2,1-4H3/t2*15-,16-,17-,18-,23?,24?/m11/s1. The summed E-state index contributed by atoms with van der Waals surface area (Å²) < 4.78 is 52.7. The quantitative estimate of drug-likeness (QED) is 0.174. The topological polar surface area (TPSA) is 73.8 Å². The minimum Gasteiger partial charge on any atom is -0.344 e. The van der Waals surface area contributed by atoms with E-state index in [2.05, 4.69) is 128 Å². The molecule has 0 radical (unpaired) electrons. The van der Waals surface area contributed by atoms with Crippen LogP contribution >= 0.6 is 0 Å². The third-order valence-corrected chi connectivity index (χ3v) is 18.1. The Bertz CT molecular complexity index is 2090. The van der Waals surface area contributed by atoms with Gasteiger partial charge in [-0.15, -0.1) is 0 Å². The summed E-state index contributed by atoms with van der Waals surface area (Å²) in [7, 11) is 0. The second kappa shape index (κ2) is 11.6. The van der Waals surface area contributed by atoms with Crippen molar-refractivity contribution in [3.63, 3.8) is 0 Å². The SMILES string of the molecule is C[C@H]1OC2(CC34CC5(CC3(C2)c2cccc3cccc4c23)O[C@H](C)[C@@H](C)O5)O[C@@H]1C.C[C@H]1OC2(CC34CC5(CC3(C2)c2cccc3cccc4c23)O[C@H](C)[C@@H](C)O5)O[C@@H]1C. The Hall–Kier alpha value is -2.92. The van der Waals surface area contributed by atoms with Gasteiger partial charge in [0, 0.05) is 73.0 Å². The number of hydrogen-bond donors (Lipinski definition) is 0. The third kappa shape index (κ3) is 4.41. The summed E-state index contributed by atoms with van der Waals surface area (Å²) in [6.45, 7) is 17.1. The van der Waals surface area contributed by atoms with Crippen molar-refractivity contribution in [1.82, 2.24) is 0 Å². The molecule has 4 aromatic carbocycles. The first-order chi connectivity index (χ1) is 28.6. The largest absolute Gasteiger partial charge is 0.344 e. The van der Waals surface area contributed by atoms with Crippen molar-refractivity contribution >= 4 is 21.5 Å². The summed E-state index contributed by atoms with van der Waals surface area (Å²) >= 11 is 0. The minimum atomic E-state index is -0.508. The molecule has 14 rings (SSSR count). The Morgan fingerprint density at radius 1 is 0.300 bits per heavy atom. The van der Waals surface area contributed by atoms with Crippen LogP contribution in [0, 0.1) is 0 Å². The van der Waals surface area contributed by atoms with Crippen molar-refractivity contribution in [3.05, 3.63) is 95.1 Å². The monoisotopic (exact) mass is 812 g/mol. The fraction of sp³-hybridized carbons (Fsp3) is 0.615. The summed E-state index contributed by atoms with van der Waals surface area (Å²) in [5.74, 6) is -2.03. The van der Waals surface area contributed by atoms with Gasteiger partial charge in [0.15, 0.2) is 23.1 Å². The lowest BCUT2D eigenvalue weighted by Gasteiger charge is -2.34. The molecule has 8 fully saturated rings. The number of benzene rings is 4. The van der Waals surface area contributed by atoms with E-state index in [0.717, 1.165) is 51.4 Å². The maximum Gasteiger partial charge on any atom is 0.171 e. The molecule has 60 heavy (non-hydrogen) atoms. The Labute approximate surface area is 353 Å². The smallest absolute Gasteiger partial charge is 0.171 e. The first-order valence-corrected chi connectivity index (χ1v) is 23.1. The Morgan fingerprint density at radius 2 is 0.483 bits per heavy atom. The van der Waals surface area contributed by atoms with Gasteiger partial charge in [-0.2, -0.15) is 0 Å². The van der Waals surface area contributed by atoms with Gasteiger partial charge in [-0.05, 0) is 99.2 Å². The van der Waals surface area contributed by atoms with Crippen molar-refractivity contribution < 1.29 is 37.9 Å². The Morgan fingerprint density at radius 3 is 0.667 bits per heavy atom. The van der Waals surface area contributed by atoms with Crippen LogP contribution in [0.1, 0.15) is 129 Å². The summed E-state index contributed by atoms with van der Waals surface area (Å²) in [5.41, 5.74) is 5.47. The zero-order chi connectivity index (χ0) is 41.0. The van der Waals surface area contributed by atoms with Crippen LogP contribution in [0.5, 0.6) is 0 Å². The van der Waals surface area contributed by atoms with Gasteiger partial charge >= 0.3 is 0 Å². The number of ether oxygens (including phenoxy) is 8. The maximum absolute atomic E-state index is 6.58. The summed E-state index contributed by atoms with van der Waals surface area (Å²) in [6.07, 6.45) is 7.97. The molecule has 0 amide bonds. The number of hydrogen-bond acceptors (Lipinski definition) is 8. The van der Waals surface area contributed by atoms with Crippen molar-refractivity contribution in [2.45, 2.75) is 200 Å². The molecule has 8 heteroatoms. The van der Waals surface area contributed by atoms with Crippen molar-refractivity contribution in [1.29, 1.82) is 0 Å². The molecule has 10 aliphatic rings. The first-order valence-electron chi connectivity index (χ1n) is 23.1. The molecular weight excluding hydrogens is 753 g/mol. The third-order valence-electron chi connectivity index (χ3n) is 18.1. The number of rotatable bonds is 0. The molecule has 0 N–H and O–H groups in total. The molecule has 6 aliphatic carbocycles. The van der Waals surface area contributed by atoms with Gasteiger partial charge in [0.1, 0.15) is 0 Å². The fourth-order valence-electron chi connectivity index (χ4n) is 15.9. The highest BCUT2D eigenvalue weighted by Crippen LogP contribution is 2.78. The van der Waals surface area contributed by atoms with Crippen LogP contribution < -0.4 is 0 Å². The first kappa shape index (κ1) is 37.6. The zero-order valence-corrected chi connectivity index (χ0v) is 36.5. The molecule has 4 heterocycles. The van der Waals surface area contributed by atoms with E-state index < -0.39 is 23.1 Å². The van der Waals surface area contributed by atoms with Crippen molar-refractivity contribution in [2.24, 2.45) is 0 Å². The average molecular weight is 813 g/mol. The van der Waals surface area contributed by atoms with Crippen LogP contribution in [0.25, 0.3) is 21.5 Å². The highest BCUT2D eigenvalue weighted by atomic mass is 16.8. The van der Waals surface area contributed by atoms with E-state index in [1.54, 1.807) is 0 Å². The van der Waals surface area contributed by atoms with Gasteiger partial charge in [-0.3, -0.25) is 0 Å². The van der Waals surface area contributed by atoms with Crippen molar-refractivity contribution in [3.8, 4) is 0 Å². The van der Waals surface area contributed by atoms with Gasteiger partial charge in [0.25, 0.3) is 0 Å². The van der Waals surface area contributed by atoms with Gasteiger partial charge in [0.2, 0.25) is 0 Å². The molecule has 4 aromatic rings. The predicted molar refractivity (Wildman–Crippen MR) is 227 cm³/mol. The van der Waals surface area contributed by atoms with Crippen LogP contribution in [0.4, 0.5) is 0 Å². The second-order valence-electron chi connectivity index (χ2n) is 21.4. The lowest BCUT2D eigenvalue weighted by atomic mass is 9.66. The average Bonchev–Trinajstić information content (AvgIpc) is 4.06. The van der Waals surface area contributed by atoms with Gasteiger partial charge in [-0.1, -0.05) is 72.8 Å². The van der Waals surface area contributed by atoms with Crippen LogP contribution in [0.15, 0.2) is 72.8 Å². The van der Waals surface area contributed by atoms with Crippen LogP contribution in [-0.2, 0) is 59.6 Å². The lowest BCUT2D eigenvalue weighted by Crippen LogP contribution is -2.37. The van der Waals surface area contributed by atoms with E-state index in [1.807, 2.05) is 0 Å². The minimum absolute atomic E-state index is 0.0796. The molecule has 8 nitrogen and oxygen atoms in total. The molecule has 0 unspecified atom stereocenters. The Kier molecular flexibility index (Phi) is 7.28. The lowest BCUT2D eigenvalue weighted by molar-refractivity contribution is -0.199. The van der Waals surface area contributed by atoms with Gasteiger partial charge in [-0.25, -0.2) is 0 Å². The van der Waals surface area contributed by atoms with Crippen LogP contribution in [0.2, 0.25) is 0 Å². The van der Waals surface area contributed by atoms with E-state index in [4.69, 9.17) is 37.9 Å².